The van der Waals surface area contributed by atoms with E-state index in [0.29, 0.717) is 0 Å². The van der Waals surface area contributed by atoms with Crippen molar-refractivity contribution < 1.29 is 4.74 Å². The smallest absolute Gasteiger partial charge is 0.128 e. The summed E-state index contributed by atoms with van der Waals surface area (Å²) in [6.45, 7) is 4.24. The lowest BCUT2D eigenvalue weighted by molar-refractivity contribution is 0.419. The number of fused-ring (bicyclic) bond motifs is 1. The predicted octanol–water partition coefficient (Wildman–Crippen LogP) is 3.66. The lowest BCUT2D eigenvalue weighted by atomic mass is 10.1. The second kappa shape index (κ2) is 4.74. The van der Waals surface area contributed by atoms with E-state index in [1.165, 1.54) is 5.56 Å². The summed E-state index contributed by atoms with van der Waals surface area (Å²) in [5.41, 5.74) is 2.23. The third-order valence-electron chi connectivity index (χ3n) is 2.48. The van der Waals surface area contributed by atoms with Crippen LogP contribution in [0, 0.1) is 6.92 Å². The predicted molar refractivity (Wildman–Crippen MR) is 69.4 cm³/mol. The fourth-order valence-corrected chi connectivity index (χ4v) is 2.53. The molecule has 2 nitrogen and oxygen atoms in total. The monoisotopic (exact) mass is 233 g/mol. The molecular formula is C13H15NOS. The zero-order valence-corrected chi connectivity index (χ0v) is 10.6. The minimum absolute atomic E-state index is 0.899. The van der Waals surface area contributed by atoms with Gasteiger partial charge in [0.05, 0.1) is 17.7 Å². The summed E-state index contributed by atoms with van der Waals surface area (Å²) in [4.78, 5) is 4.62. The maximum absolute atomic E-state index is 5.36. The summed E-state index contributed by atoms with van der Waals surface area (Å²) in [7, 11) is 1.70. The molecular weight excluding hydrogens is 218 g/mol. The standard InChI is InChI=1S/C13H15NOS/c1-4-16-12-8-9(2)13-10(14-12)6-5-7-11(13)15-3/h5-8H,4H2,1-3H3. The Hall–Kier alpha value is -1.22. The van der Waals surface area contributed by atoms with E-state index in [-0.39, 0.29) is 0 Å². The first-order valence-corrected chi connectivity index (χ1v) is 6.32. The maximum Gasteiger partial charge on any atom is 0.128 e. The summed E-state index contributed by atoms with van der Waals surface area (Å²) >= 11 is 1.77. The summed E-state index contributed by atoms with van der Waals surface area (Å²) in [5.74, 6) is 1.94. The Morgan fingerprint density at radius 2 is 2.19 bits per heavy atom. The fraction of sp³-hybridized carbons (Fsp3) is 0.308. The highest BCUT2D eigenvalue weighted by molar-refractivity contribution is 7.99. The molecule has 1 aromatic heterocycles. The van der Waals surface area contributed by atoms with Crippen LogP contribution < -0.4 is 4.74 Å². The second-order valence-electron chi connectivity index (χ2n) is 3.56. The molecule has 3 heteroatoms. The van der Waals surface area contributed by atoms with Gasteiger partial charge in [-0.1, -0.05) is 13.0 Å². The van der Waals surface area contributed by atoms with E-state index in [1.807, 2.05) is 18.2 Å². The maximum atomic E-state index is 5.36. The zero-order chi connectivity index (χ0) is 11.5. The van der Waals surface area contributed by atoms with Crippen molar-refractivity contribution in [2.24, 2.45) is 0 Å². The largest absolute Gasteiger partial charge is 0.496 e. The summed E-state index contributed by atoms with van der Waals surface area (Å²) in [5, 5.41) is 2.20. The molecule has 0 radical (unpaired) electrons. The van der Waals surface area contributed by atoms with Gasteiger partial charge in [0.15, 0.2) is 0 Å². The molecule has 1 aromatic carbocycles. The molecule has 0 atom stereocenters. The number of benzene rings is 1. The molecule has 0 aliphatic heterocycles. The number of aromatic nitrogens is 1. The molecule has 0 bridgehead atoms. The number of aryl methyl sites for hydroxylation is 1. The van der Waals surface area contributed by atoms with Crippen LogP contribution in [-0.2, 0) is 0 Å². The molecule has 0 N–H and O–H groups in total. The van der Waals surface area contributed by atoms with Crippen molar-refractivity contribution in [3.63, 3.8) is 0 Å². The Kier molecular flexibility index (Phi) is 3.34. The molecule has 2 aromatic rings. The molecule has 84 valence electrons. The lowest BCUT2D eigenvalue weighted by Crippen LogP contribution is -1.91. The van der Waals surface area contributed by atoms with E-state index >= 15 is 0 Å². The van der Waals surface area contributed by atoms with Crippen molar-refractivity contribution >= 4 is 22.7 Å². The van der Waals surface area contributed by atoms with E-state index in [1.54, 1.807) is 18.9 Å². The van der Waals surface area contributed by atoms with Gasteiger partial charge in [-0.05, 0) is 36.4 Å². The normalized spacial score (nSPS) is 10.7. The van der Waals surface area contributed by atoms with Crippen LogP contribution in [0.2, 0.25) is 0 Å². The first-order valence-electron chi connectivity index (χ1n) is 5.33. The van der Waals surface area contributed by atoms with Gasteiger partial charge in [0.25, 0.3) is 0 Å². The Bertz CT molecular complexity index is 511. The van der Waals surface area contributed by atoms with Crippen LogP contribution in [0.5, 0.6) is 5.75 Å². The van der Waals surface area contributed by atoms with Gasteiger partial charge in [-0.25, -0.2) is 4.98 Å². The number of hydrogen-bond acceptors (Lipinski definition) is 3. The zero-order valence-electron chi connectivity index (χ0n) is 9.78. The van der Waals surface area contributed by atoms with E-state index in [9.17, 15) is 0 Å². The molecule has 0 unspecified atom stereocenters. The van der Waals surface area contributed by atoms with E-state index in [2.05, 4.69) is 24.9 Å². The van der Waals surface area contributed by atoms with Crippen LogP contribution in [-0.4, -0.2) is 17.8 Å². The van der Waals surface area contributed by atoms with Crippen LogP contribution in [0.25, 0.3) is 10.9 Å². The molecule has 2 rings (SSSR count). The molecule has 0 fully saturated rings. The Labute approximate surface area is 100 Å². The number of pyridine rings is 1. The first-order chi connectivity index (χ1) is 7.76. The molecule has 0 saturated heterocycles. The Morgan fingerprint density at radius 1 is 1.38 bits per heavy atom. The van der Waals surface area contributed by atoms with Gasteiger partial charge in [0.1, 0.15) is 5.75 Å². The number of methoxy groups -OCH3 is 1. The number of ether oxygens (including phenoxy) is 1. The molecule has 0 aliphatic rings. The summed E-state index contributed by atoms with van der Waals surface area (Å²) in [6, 6.07) is 8.11. The molecule has 16 heavy (non-hydrogen) atoms. The van der Waals surface area contributed by atoms with Gasteiger partial charge in [0.2, 0.25) is 0 Å². The lowest BCUT2D eigenvalue weighted by Gasteiger charge is -2.09. The molecule has 0 amide bonds. The minimum Gasteiger partial charge on any atom is -0.496 e. The van der Waals surface area contributed by atoms with Crippen molar-refractivity contribution in [2.45, 2.75) is 18.9 Å². The van der Waals surface area contributed by atoms with Crippen molar-refractivity contribution in [3.8, 4) is 5.75 Å². The molecule has 0 saturated carbocycles. The van der Waals surface area contributed by atoms with Crippen LogP contribution in [0.4, 0.5) is 0 Å². The Balaban J connectivity index is 2.65. The van der Waals surface area contributed by atoms with Crippen molar-refractivity contribution in [2.75, 3.05) is 12.9 Å². The Morgan fingerprint density at radius 3 is 2.88 bits per heavy atom. The van der Waals surface area contributed by atoms with Gasteiger partial charge in [-0.15, -0.1) is 11.8 Å². The van der Waals surface area contributed by atoms with Crippen LogP contribution in [0.15, 0.2) is 29.3 Å². The second-order valence-corrected chi connectivity index (χ2v) is 4.85. The number of nitrogens with zero attached hydrogens (tertiary/aromatic N) is 1. The van der Waals surface area contributed by atoms with Gasteiger partial charge < -0.3 is 4.74 Å². The van der Waals surface area contributed by atoms with Crippen LogP contribution in [0.1, 0.15) is 12.5 Å². The molecule has 0 aliphatic carbocycles. The molecule has 0 spiro atoms. The van der Waals surface area contributed by atoms with Gasteiger partial charge >= 0.3 is 0 Å². The quantitative estimate of drug-likeness (QED) is 0.755. The third kappa shape index (κ3) is 2.00. The van der Waals surface area contributed by atoms with Crippen molar-refractivity contribution in [3.05, 3.63) is 29.8 Å². The topological polar surface area (TPSA) is 22.1 Å². The number of thioether (sulfide) groups is 1. The van der Waals surface area contributed by atoms with Crippen molar-refractivity contribution in [1.82, 2.24) is 4.98 Å². The highest BCUT2D eigenvalue weighted by Crippen LogP contribution is 2.30. The fourth-order valence-electron chi connectivity index (χ4n) is 1.81. The number of rotatable bonds is 3. The van der Waals surface area contributed by atoms with E-state index < -0.39 is 0 Å². The van der Waals surface area contributed by atoms with Gasteiger partial charge in [0, 0.05) is 5.39 Å². The van der Waals surface area contributed by atoms with Crippen LogP contribution >= 0.6 is 11.8 Å². The SMILES string of the molecule is CCSc1cc(C)c2c(OC)cccc2n1. The van der Waals surface area contributed by atoms with Crippen LogP contribution in [0.3, 0.4) is 0 Å². The third-order valence-corrected chi connectivity index (χ3v) is 3.27. The van der Waals surface area contributed by atoms with E-state index in [0.717, 1.165) is 27.4 Å². The highest BCUT2D eigenvalue weighted by Gasteiger charge is 2.07. The van der Waals surface area contributed by atoms with E-state index in [4.69, 9.17) is 4.74 Å². The average molecular weight is 233 g/mol. The molecule has 1 heterocycles. The summed E-state index contributed by atoms with van der Waals surface area (Å²) < 4.78 is 5.36. The highest BCUT2D eigenvalue weighted by atomic mass is 32.2. The van der Waals surface area contributed by atoms with Crippen molar-refractivity contribution in [1.29, 1.82) is 0 Å². The van der Waals surface area contributed by atoms with Gasteiger partial charge in [-0.3, -0.25) is 0 Å². The minimum atomic E-state index is 0.899. The van der Waals surface area contributed by atoms with Gasteiger partial charge in [-0.2, -0.15) is 0 Å². The number of hydrogen-bond donors (Lipinski definition) is 0. The first kappa shape index (κ1) is 11.3. The average Bonchev–Trinajstić information content (AvgIpc) is 2.28. The summed E-state index contributed by atoms with van der Waals surface area (Å²) in [6.07, 6.45) is 0.